The van der Waals surface area contributed by atoms with Crippen LogP contribution in [0.5, 0.6) is 0 Å². The molecule has 1 aliphatic heterocycles. The van der Waals surface area contributed by atoms with E-state index in [9.17, 15) is 4.79 Å². The molecule has 0 bridgehead atoms. The van der Waals surface area contributed by atoms with Crippen molar-refractivity contribution in [3.63, 3.8) is 0 Å². The van der Waals surface area contributed by atoms with E-state index in [2.05, 4.69) is 25.6 Å². The van der Waals surface area contributed by atoms with Gasteiger partial charge in [-0.1, -0.05) is 0 Å². The zero-order chi connectivity index (χ0) is 16.9. The molecule has 0 atom stereocenters. The summed E-state index contributed by atoms with van der Waals surface area (Å²) in [6.07, 6.45) is 5.40. The Labute approximate surface area is 145 Å². The summed E-state index contributed by atoms with van der Waals surface area (Å²) < 4.78 is 0. The molecule has 3 heterocycles. The number of pyridine rings is 1. The molecule has 2 aromatic rings. The van der Waals surface area contributed by atoms with Gasteiger partial charge in [0.15, 0.2) is 0 Å². The van der Waals surface area contributed by atoms with E-state index in [1.807, 2.05) is 26.0 Å². The Morgan fingerprint density at radius 2 is 2.00 bits per heavy atom. The molecule has 2 N–H and O–H groups in total. The van der Waals surface area contributed by atoms with Crippen molar-refractivity contribution in [1.29, 1.82) is 0 Å². The van der Waals surface area contributed by atoms with Gasteiger partial charge in [-0.25, -0.2) is 15.0 Å². The van der Waals surface area contributed by atoms with Gasteiger partial charge in [0.25, 0.3) is 0 Å². The van der Waals surface area contributed by atoms with Crippen LogP contribution in [-0.4, -0.2) is 26.9 Å². The summed E-state index contributed by atoms with van der Waals surface area (Å²) in [5.74, 6) is 1.89. The van der Waals surface area contributed by atoms with Gasteiger partial charge in [-0.3, -0.25) is 4.79 Å². The molecular weight excluding hydrogens is 326 g/mol. The monoisotopic (exact) mass is 343 g/mol. The lowest BCUT2D eigenvalue weighted by atomic mass is 9.71. The zero-order valence-corrected chi connectivity index (χ0v) is 14.3. The number of rotatable bonds is 3. The highest BCUT2D eigenvalue weighted by molar-refractivity contribution is 6.28. The van der Waals surface area contributed by atoms with E-state index in [-0.39, 0.29) is 11.2 Å². The Kier molecular flexibility index (Phi) is 3.46. The normalized spacial score (nSPS) is 24.0. The second-order valence-corrected chi connectivity index (χ2v) is 7.26. The number of nitrogens with one attached hydrogen (secondary N) is 2. The molecular formula is C17H18ClN5O. The Morgan fingerprint density at radius 3 is 2.75 bits per heavy atom. The Morgan fingerprint density at radius 1 is 1.25 bits per heavy atom. The van der Waals surface area contributed by atoms with Crippen molar-refractivity contribution in [2.45, 2.75) is 44.1 Å². The smallest absolute Gasteiger partial charge is 0.235 e. The maximum Gasteiger partial charge on any atom is 0.235 e. The second-order valence-electron chi connectivity index (χ2n) is 6.92. The van der Waals surface area contributed by atoms with Crippen LogP contribution in [0.4, 0.5) is 11.6 Å². The van der Waals surface area contributed by atoms with E-state index in [1.54, 1.807) is 12.4 Å². The van der Waals surface area contributed by atoms with Crippen LogP contribution in [0.25, 0.3) is 0 Å². The van der Waals surface area contributed by atoms with Crippen LogP contribution in [0, 0.1) is 0 Å². The fourth-order valence-corrected chi connectivity index (χ4v) is 3.71. The van der Waals surface area contributed by atoms with Crippen molar-refractivity contribution >= 4 is 29.1 Å². The van der Waals surface area contributed by atoms with Gasteiger partial charge in [0.2, 0.25) is 11.2 Å². The minimum absolute atomic E-state index is 0.0158. The molecule has 2 aliphatic rings. The van der Waals surface area contributed by atoms with Crippen LogP contribution < -0.4 is 10.6 Å². The van der Waals surface area contributed by atoms with Gasteiger partial charge in [-0.15, -0.1) is 0 Å². The first-order valence-electron chi connectivity index (χ1n) is 8.01. The predicted molar refractivity (Wildman–Crippen MR) is 92.3 cm³/mol. The standard InChI is InChI=1S/C17H18ClN5O/c1-17(2)13-11(3-5-19-14(13)23-15(17)24)9-7-10(8-9)21-12-4-6-20-16(18)22-12/h3-6,9-10H,7-8H2,1-2H3,(H,19,23,24)(H,20,21,22). The van der Waals surface area contributed by atoms with Crippen molar-refractivity contribution in [2.75, 3.05) is 10.6 Å². The van der Waals surface area contributed by atoms with Crippen LogP contribution in [-0.2, 0) is 10.2 Å². The lowest BCUT2D eigenvalue weighted by Gasteiger charge is -2.38. The van der Waals surface area contributed by atoms with Crippen molar-refractivity contribution in [3.8, 4) is 0 Å². The number of fused-ring (bicyclic) bond motifs is 1. The number of amides is 1. The average molecular weight is 344 g/mol. The fraction of sp³-hybridized carbons (Fsp3) is 0.412. The molecule has 124 valence electrons. The highest BCUT2D eigenvalue weighted by Crippen LogP contribution is 2.46. The van der Waals surface area contributed by atoms with Gasteiger partial charge in [0, 0.05) is 24.0 Å². The molecule has 6 nitrogen and oxygen atoms in total. The SMILES string of the molecule is CC1(C)C(=O)Nc2nccc(C3CC(Nc4ccnc(Cl)n4)C3)c21. The summed E-state index contributed by atoms with van der Waals surface area (Å²) in [7, 11) is 0. The maximum absolute atomic E-state index is 12.2. The minimum Gasteiger partial charge on any atom is -0.367 e. The molecule has 4 rings (SSSR count). The van der Waals surface area contributed by atoms with E-state index < -0.39 is 5.41 Å². The average Bonchev–Trinajstić information content (AvgIpc) is 2.73. The number of nitrogens with zero attached hydrogens (tertiary/aromatic N) is 3. The first-order valence-corrected chi connectivity index (χ1v) is 8.39. The van der Waals surface area contributed by atoms with Crippen molar-refractivity contribution in [3.05, 3.63) is 40.9 Å². The topological polar surface area (TPSA) is 79.8 Å². The first kappa shape index (κ1) is 15.3. The summed E-state index contributed by atoms with van der Waals surface area (Å²) in [5.41, 5.74) is 1.74. The zero-order valence-electron chi connectivity index (χ0n) is 13.5. The number of halogens is 1. The van der Waals surface area contributed by atoms with Crippen molar-refractivity contribution in [2.24, 2.45) is 0 Å². The van der Waals surface area contributed by atoms with Gasteiger partial charge in [-0.05, 0) is 61.9 Å². The number of carbonyl (C=O) groups excluding carboxylic acids is 1. The number of hydrogen-bond donors (Lipinski definition) is 2. The van der Waals surface area contributed by atoms with E-state index in [4.69, 9.17) is 11.6 Å². The third kappa shape index (κ3) is 2.41. The molecule has 24 heavy (non-hydrogen) atoms. The van der Waals surface area contributed by atoms with Crippen LogP contribution in [0.1, 0.15) is 43.7 Å². The van der Waals surface area contributed by atoms with Gasteiger partial charge in [0.05, 0.1) is 5.41 Å². The first-order chi connectivity index (χ1) is 11.4. The molecule has 0 spiro atoms. The molecule has 0 radical (unpaired) electrons. The van der Waals surface area contributed by atoms with Crippen LogP contribution >= 0.6 is 11.6 Å². The van der Waals surface area contributed by atoms with Crippen LogP contribution in [0.2, 0.25) is 5.28 Å². The summed E-state index contributed by atoms with van der Waals surface area (Å²) in [6.45, 7) is 3.91. The highest BCUT2D eigenvalue weighted by atomic mass is 35.5. The van der Waals surface area contributed by atoms with E-state index >= 15 is 0 Å². The van der Waals surface area contributed by atoms with Gasteiger partial charge in [-0.2, -0.15) is 0 Å². The maximum atomic E-state index is 12.2. The Hall–Kier alpha value is -2.21. The lowest BCUT2D eigenvalue weighted by molar-refractivity contribution is -0.119. The molecule has 1 aliphatic carbocycles. The van der Waals surface area contributed by atoms with Crippen molar-refractivity contribution < 1.29 is 4.79 Å². The predicted octanol–water partition coefficient (Wildman–Crippen LogP) is 3.11. The minimum atomic E-state index is -0.530. The Bertz CT molecular complexity index is 816. The highest BCUT2D eigenvalue weighted by Gasteiger charge is 2.44. The molecule has 0 unspecified atom stereocenters. The fourth-order valence-electron chi connectivity index (χ4n) is 3.56. The quantitative estimate of drug-likeness (QED) is 0.837. The number of hydrogen-bond acceptors (Lipinski definition) is 5. The van der Waals surface area contributed by atoms with Gasteiger partial charge in [0.1, 0.15) is 11.6 Å². The molecule has 2 aromatic heterocycles. The third-order valence-electron chi connectivity index (χ3n) is 4.96. The summed E-state index contributed by atoms with van der Waals surface area (Å²) in [5, 5.41) is 6.52. The number of aromatic nitrogens is 3. The molecule has 0 saturated heterocycles. The van der Waals surface area contributed by atoms with E-state index in [1.165, 1.54) is 5.56 Å². The van der Waals surface area contributed by atoms with E-state index in [0.29, 0.717) is 17.8 Å². The molecule has 1 saturated carbocycles. The van der Waals surface area contributed by atoms with Gasteiger partial charge >= 0.3 is 0 Å². The summed E-state index contributed by atoms with van der Waals surface area (Å²) >= 11 is 5.82. The molecule has 1 fully saturated rings. The molecule has 0 aromatic carbocycles. The summed E-state index contributed by atoms with van der Waals surface area (Å²) in [6, 6.07) is 4.20. The lowest BCUT2D eigenvalue weighted by Crippen LogP contribution is -2.36. The number of anilines is 2. The second kappa shape index (κ2) is 5.41. The largest absolute Gasteiger partial charge is 0.367 e. The molecule has 7 heteroatoms. The van der Waals surface area contributed by atoms with Crippen molar-refractivity contribution in [1.82, 2.24) is 15.0 Å². The number of carbonyl (C=O) groups is 1. The molecule has 1 amide bonds. The summed E-state index contributed by atoms with van der Waals surface area (Å²) in [4.78, 5) is 24.6. The Balaban J connectivity index is 1.51. The van der Waals surface area contributed by atoms with Gasteiger partial charge < -0.3 is 10.6 Å². The van der Waals surface area contributed by atoms with E-state index in [0.717, 1.165) is 24.2 Å². The van der Waals surface area contributed by atoms with Crippen LogP contribution in [0.3, 0.4) is 0 Å². The third-order valence-corrected chi connectivity index (χ3v) is 5.15. The van der Waals surface area contributed by atoms with Crippen LogP contribution in [0.15, 0.2) is 24.5 Å².